The zero-order valence-corrected chi connectivity index (χ0v) is 12.7. The SMILES string of the molecule is C#CC(N=O)(c1ccc(OC)cc1)c1ccc(OCCO)cc1. The van der Waals surface area contributed by atoms with E-state index in [4.69, 9.17) is 21.0 Å². The Balaban J connectivity index is 2.40. The van der Waals surface area contributed by atoms with Crippen LogP contribution in [0.5, 0.6) is 11.5 Å². The highest BCUT2D eigenvalue weighted by molar-refractivity contribution is 5.49. The number of methoxy groups -OCH3 is 1. The van der Waals surface area contributed by atoms with Crippen LogP contribution < -0.4 is 9.47 Å². The fraction of sp³-hybridized carbons (Fsp3) is 0.222. The minimum atomic E-state index is -1.41. The lowest BCUT2D eigenvalue weighted by atomic mass is 9.84. The third-order valence-corrected chi connectivity index (χ3v) is 3.49. The lowest BCUT2D eigenvalue weighted by Gasteiger charge is -2.22. The maximum atomic E-state index is 11.6. The van der Waals surface area contributed by atoms with Crippen molar-refractivity contribution in [3.63, 3.8) is 0 Å². The maximum Gasteiger partial charge on any atom is 0.212 e. The molecule has 5 nitrogen and oxygen atoms in total. The molecule has 0 aliphatic carbocycles. The summed E-state index contributed by atoms with van der Waals surface area (Å²) < 4.78 is 10.4. The van der Waals surface area contributed by atoms with Gasteiger partial charge in [0.15, 0.2) is 0 Å². The number of nitrogens with zero attached hydrogens (tertiary/aromatic N) is 1. The molecule has 0 saturated carbocycles. The van der Waals surface area contributed by atoms with Crippen molar-refractivity contribution in [3.05, 3.63) is 64.6 Å². The molecule has 1 atom stereocenters. The van der Waals surface area contributed by atoms with Crippen LogP contribution in [-0.2, 0) is 5.54 Å². The molecular formula is C18H17NO4. The van der Waals surface area contributed by atoms with Gasteiger partial charge in [0.2, 0.25) is 5.54 Å². The molecule has 0 radical (unpaired) electrons. The van der Waals surface area contributed by atoms with Crippen LogP contribution in [0.2, 0.25) is 0 Å². The summed E-state index contributed by atoms with van der Waals surface area (Å²) in [5.74, 6) is 3.74. The summed E-state index contributed by atoms with van der Waals surface area (Å²) in [6, 6.07) is 13.6. The van der Waals surface area contributed by atoms with Gasteiger partial charge in [-0.25, -0.2) is 0 Å². The number of aliphatic hydroxyl groups excluding tert-OH is 1. The fourth-order valence-electron chi connectivity index (χ4n) is 2.25. The number of benzene rings is 2. The Morgan fingerprint density at radius 1 is 1.09 bits per heavy atom. The zero-order valence-electron chi connectivity index (χ0n) is 12.7. The van der Waals surface area contributed by atoms with E-state index in [2.05, 4.69) is 11.1 Å². The normalized spacial score (nSPS) is 12.7. The van der Waals surface area contributed by atoms with Gasteiger partial charge in [0.25, 0.3) is 0 Å². The summed E-state index contributed by atoms with van der Waals surface area (Å²) in [4.78, 5) is 11.6. The van der Waals surface area contributed by atoms with E-state index >= 15 is 0 Å². The van der Waals surface area contributed by atoms with Crippen molar-refractivity contribution in [1.82, 2.24) is 0 Å². The smallest absolute Gasteiger partial charge is 0.212 e. The highest BCUT2D eigenvalue weighted by Crippen LogP contribution is 2.34. The van der Waals surface area contributed by atoms with Crippen LogP contribution in [0.25, 0.3) is 0 Å². The molecule has 2 rings (SSSR count). The first kappa shape index (κ1) is 16.5. The van der Waals surface area contributed by atoms with Crippen molar-refractivity contribution < 1.29 is 14.6 Å². The van der Waals surface area contributed by atoms with E-state index < -0.39 is 5.54 Å². The molecule has 0 aliphatic heterocycles. The van der Waals surface area contributed by atoms with E-state index in [-0.39, 0.29) is 13.2 Å². The van der Waals surface area contributed by atoms with Crippen molar-refractivity contribution in [3.8, 4) is 23.8 Å². The molecule has 0 saturated heterocycles. The van der Waals surface area contributed by atoms with Crippen LogP contribution in [-0.4, -0.2) is 25.4 Å². The summed E-state index contributed by atoms with van der Waals surface area (Å²) in [5, 5.41) is 12.0. The quantitative estimate of drug-likeness (QED) is 0.630. The Bertz CT molecular complexity index is 688. The van der Waals surface area contributed by atoms with E-state index in [0.717, 1.165) is 0 Å². The van der Waals surface area contributed by atoms with Crippen LogP contribution in [0.4, 0.5) is 0 Å². The van der Waals surface area contributed by atoms with Crippen molar-refractivity contribution in [2.75, 3.05) is 20.3 Å². The lowest BCUT2D eigenvalue weighted by Crippen LogP contribution is -2.22. The Morgan fingerprint density at radius 2 is 1.61 bits per heavy atom. The molecule has 0 aromatic heterocycles. The number of hydrogen-bond donors (Lipinski definition) is 1. The van der Waals surface area contributed by atoms with E-state index in [0.29, 0.717) is 22.6 Å². The molecule has 1 unspecified atom stereocenters. The Kier molecular flexibility index (Phi) is 5.34. The van der Waals surface area contributed by atoms with E-state index in [1.54, 1.807) is 55.6 Å². The minimum absolute atomic E-state index is 0.0716. The summed E-state index contributed by atoms with van der Waals surface area (Å²) in [6.07, 6.45) is 5.63. The van der Waals surface area contributed by atoms with E-state index in [1.165, 1.54) is 0 Å². The van der Waals surface area contributed by atoms with Gasteiger partial charge < -0.3 is 14.6 Å². The zero-order chi connectivity index (χ0) is 16.7. The summed E-state index contributed by atoms with van der Waals surface area (Å²) in [7, 11) is 1.56. The predicted octanol–water partition coefficient (Wildman–Crippen LogP) is 2.71. The van der Waals surface area contributed by atoms with Crippen LogP contribution in [0, 0.1) is 17.3 Å². The fourth-order valence-corrected chi connectivity index (χ4v) is 2.25. The molecule has 23 heavy (non-hydrogen) atoms. The molecule has 1 N–H and O–H groups in total. The van der Waals surface area contributed by atoms with E-state index in [9.17, 15) is 4.91 Å². The van der Waals surface area contributed by atoms with E-state index in [1.807, 2.05) is 0 Å². The lowest BCUT2D eigenvalue weighted by molar-refractivity contribution is 0.201. The number of rotatable bonds is 7. The van der Waals surface area contributed by atoms with Crippen LogP contribution in [0.1, 0.15) is 11.1 Å². The Hall–Kier alpha value is -2.84. The van der Waals surface area contributed by atoms with Gasteiger partial charge in [-0.1, -0.05) is 30.2 Å². The van der Waals surface area contributed by atoms with Crippen molar-refractivity contribution >= 4 is 0 Å². The second-order valence-corrected chi connectivity index (χ2v) is 4.77. The summed E-state index contributed by atoms with van der Waals surface area (Å²) >= 11 is 0. The number of hydrogen-bond acceptors (Lipinski definition) is 5. The van der Waals surface area contributed by atoms with Crippen molar-refractivity contribution in [1.29, 1.82) is 0 Å². The van der Waals surface area contributed by atoms with Gasteiger partial charge >= 0.3 is 0 Å². The van der Waals surface area contributed by atoms with Crippen LogP contribution >= 0.6 is 0 Å². The molecule has 118 valence electrons. The van der Waals surface area contributed by atoms with Gasteiger partial charge in [0.1, 0.15) is 18.1 Å². The van der Waals surface area contributed by atoms with Gasteiger partial charge in [-0.3, -0.25) is 0 Å². The standard InChI is InChI=1S/C18H17NO4/c1-3-18(19-21,14-4-8-16(22-2)9-5-14)15-6-10-17(11-7-15)23-13-12-20/h1,4-11,20H,12-13H2,2H3. The molecule has 0 spiro atoms. The molecule has 5 heteroatoms. The molecular weight excluding hydrogens is 294 g/mol. The molecule has 0 bridgehead atoms. The molecule has 0 heterocycles. The molecule has 2 aromatic rings. The molecule has 2 aromatic carbocycles. The van der Waals surface area contributed by atoms with Gasteiger partial charge in [0.05, 0.1) is 13.7 Å². The second kappa shape index (κ2) is 7.43. The van der Waals surface area contributed by atoms with Gasteiger partial charge in [-0.05, 0) is 29.4 Å². The van der Waals surface area contributed by atoms with Crippen LogP contribution in [0.3, 0.4) is 0 Å². The maximum absolute atomic E-state index is 11.6. The Morgan fingerprint density at radius 3 is 2.00 bits per heavy atom. The molecule has 0 aliphatic rings. The average molecular weight is 311 g/mol. The predicted molar refractivity (Wildman–Crippen MR) is 87.4 cm³/mol. The van der Waals surface area contributed by atoms with Gasteiger partial charge in [-0.2, -0.15) is 0 Å². The number of ether oxygens (including phenoxy) is 2. The minimum Gasteiger partial charge on any atom is -0.497 e. The van der Waals surface area contributed by atoms with Crippen molar-refractivity contribution in [2.24, 2.45) is 5.18 Å². The highest BCUT2D eigenvalue weighted by atomic mass is 16.5. The third kappa shape index (κ3) is 3.33. The first-order valence-corrected chi connectivity index (χ1v) is 7.01. The van der Waals surface area contributed by atoms with Gasteiger partial charge in [-0.15, -0.1) is 11.3 Å². The first-order valence-electron chi connectivity index (χ1n) is 7.01. The Labute approximate surface area is 134 Å². The number of aliphatic hydroxyl groups is 1. The first-order chi connectivity index (χ1) is 11.2. The van der Waals surface area contributed by atoms with Crippen LogP contribution in [0.15, 0.2) is 53.7 Å². The van der Waals surface area contributed by atoms with Crippen molar-refractivity contribution in [2.45, 2.75) is 5.54 Å². The molecule has 0 fully saturated rings. The average Bonchev–Trinajstić information content (AvgIpc) is 2.63. The number of terminal acetylenes is 1. The summed E-state index contributed by atoms with van der Waals surface area (Å²) in [6.45, 7) is 0.127. The largest absolute Gasteiger partial charge is 0.497 e. The monoisotopic (exact) mass is 311 g/mol. The molecule has 0 amide bonds. The number of nitroso groups, excluding NO2 is 1. The summed E-state index contributed by atoms with van der Waals surface area (Å²) in [5.41, 5.74) is -0.266. The third-order valence-electron chi connectivity index (χ3n) is 3.49. The van der Waals surface area contributed by atoms with Gasteiger partial charge in [0, 0.05) is 11.1 Å². The highest BCUT2D eigenvalue weighted by Gasteiger charge is 2.34. The second-order valence-electron chi connectivity index (χ2n) is 4.77. The topological polar surface area (TPSA) is 68.1 Å².